The Balaban J connectivity index is 1.01. The van der Waals surface area contributed by atoms with Crippen molar-refractivity contribution in [1.29, 1.82) is 0 Å². The number of benzene rings is 1. The van der Waals surface area contributed by atoms with Crippen LogP contribution in [-0.4, -0.2) is 138 Å². The number of halogens is 4. The summed E-state index contributed by atoms with van der Waals surface area (Å²) < 4.78 is 56.0. The molecule has 0 unspecified atom stereocenters. The largest absolute Gasteiger partial charge is 0.481 e. The van der Waals surface area contributed by atoms with Crippen LogP contribution in [0, 0.1) is 11.6 Å². The van der Waals surface area contributed by atoms with E-state index in [-0.39, 0.29) is 66.3 Å². The van der Waals surface area contributed by atoms with Crippen molar-refractivity contribution < 1.29 is 22.7 Å². The van der Waals surface area contributed by atoms with Crippen molar-refractivity contribution in [2.75, 3.05) is 80.9 Å². The molecule has 24 heteroatoms. The summed E-state index contributed by atoms with van der Waals surface area (Å²) >= 11 is 3.52. The Hall–Kier alpha value is -6.56. The zero-order chi connectivity index (χ0) is 43.1. The van der Waals surface area contributed by atoms with Crippen LogP contribution in [0.2, 0.25) is 0 Å². The lowest BCUT2D eigenvalue weighted by Crippen LogP contribution is -2.45. The number of nitrogens with one attached hydrogen (secondary N) is 3. The van der Waals surface area contributed by atoms with Crippen molar-refractivity contribution >= 4 is 79.6 Å². The van der Waals surface area contributed by atoms with E-state index in [2.05, 4.69) is 85.3 Å². The maximum atomic E-state index is 15.8. The van der Waals surface area contributed by atoms with Crippen LogP contribution in [0.15, 0.2) is 57.9 Å². The number of amides is 1. The lowest BCUT2D eigenvalue weighted by molar-refractivity contribution is -0.118. The quantitative estimate of drug-likeness (QED) is 0.0744. The van der Waals surface area contributed by atoms with Crippen LogP contribution in [0.4, 0.5) is 36.8 Å². The predicted molar refractivity (Wildman–Crippen MR) is 226 cm³/mol. The number of hydrogen-bond donors (Lipinski definition) is 4. The second-order valence-corrected chi connectivity index (χ2v) is 15.4. The number of aryl methyl sites for hydroxylation is 1. The summed E-state index contributed by atoms with van der Waals surface area (Å²) in [6.45, 7) is 6.76. The standard InChI is InChI=1S/C37H42BrF3N18O2/c1-19(34(60)48-24-17-57(16-22(24)40)36-50-31(29-33(52-36)55(4)18-45-29)47-23(13-43-2)30(42)61-5)15-58-25-7-6-21(39)27(41)28(25)49-26(58)14-44-35-53-37(56-10-8-54(3)9-11-56)51-32-20(38)12-46-59(32)35/h6-7,12-13,18,22,24H,1,8-11,14-17,42H2,2-5H3,(H,48,60)(H,44,51,53)(H,47,50,52)/b30-23-,43-13?/t22-,24-/m1/s1. The van der Waals surface area contributed by atoms with Crippen LogP contribution in [0.1, 0.15) is 5.82 Å². The Labute approximate surface area is 354 Å². The molecule has 20 nitrogen and oxygen atoms in total. The number of hydrogen-bond acceptors (Lipinski definition) is 16. The number of methoxy groups -OCH3 is 1. The van der Waals surface area contributed by atoms with E-state index >= 15 is 8.78 Å². The summed E-state index contributed by atoms with van der Waals surface area (Å²) in [7, 11) is 6.79. The number of piperazine rings is 1. The molecule has 320 valence electrons. The van der Waals surface area contributed by atoms with Crippen LogP contribution >= 0.6 is 15.9 Å². The Bertz CT molecular complexity index is 2720. The first-order valence-corrected chi connectivity index (χ1v) is 19.8. The number of aliphatic imine (C=N–C) groups is 1. The lowest BCUT2D eigenvalue weighted by Gasteiger charge is -2.32. The molecule has 6 aromatic rings. The number of aromatic nitrogens is 10. The van der Waals surface area contributed by atoms with E-state index in [4.69, 9.17) is 20.4 Å². The van der Waals surface area contributed by atoms with Gasteiger partial charge in [-0.25, -0.2) is 23.1 Å². The molecule has 61 heavy (non-hydrogen) atoms. The molecule has 5 N–H and O–H groups in total. The lowest BCUT2D eigenvalue weighted by atomic mass is 10.2. The second-order valence-electron chi connectivity index (χ2n) is 14.6. The van der Waals surface area contributed by atoms with E-state index in [1.54, 1.807) is 40.7 Å². The Morgan fingerprint density at radius 1 is 1.05 bits per heavy atom. The number of ether oxygens (including phenoxy) is 1. The van der Waals surface area contributed by atoms with Crippen molar-refractivity contribution in [1.82, 2.24) is 58.9 Å². The Morgan fingerprint density at radius 3 is 2.56 bits per heavy atom. The number of rotatable bonds is 13. The van der Waals surface area contributed by atoms with Gasteiger partial charge >= 0.3 is 0 Å². The minimum atomic E-state index is -1.51. The molecule has 2 aliphatic rings. The minimum absolute atomic E-state index is 0.0143. The van der Waals surface area contributed by atoms with Gasteiger partial charge in [-0.3, -0.25) is 9.79 Å². The molecule has 0 bridgehead atoms. The normalized spacial score (nSPS) is 17.8. The number of anilines is 4. The van der Waals surface area contributed by atoms with Gasteiger partial charge in [0.15, 0.2) is 34.3 Å². The fraction of sp³-hybridized carbons (Fsp3) is 0.378. The summed E-state index contributed by atoms with van der Waals surface area (Å²) in [4.78, 5) is 51.2. The van der Waals surface area contributed by atoms with Crippen molar-refractivity contribution in [2.45, 2.75) is 25.3 Å². The highest BCUT2D eigenvalue weighted by Crippen LogP contribution is 2.28. The SMILES string of the molecule is C=C(Cn1c(CNc2nc(N3CCN(C)CC3)nc3c(Br)cnn23)nc2c(F)c(F)ccc21)C(=O)N[C@@H]1CN(c2nc(N/C(C=NC)=C(/N)OC)c3ncn(C)c3n2)C[C@H]1F. The van der Waals surface area contributed by atoms with E-state index in [0.29, 0.717) is 38.9 Å². The zero-order valence-electron chi connectivity index (χ0n) is 33.6. The number of alkyl halides is 1. The monoisotopic (exact) mass is 906 g/mol. The van der Waals surface area contributed by atoms with Crippen molar-refractivity contribution in [3.05, 3.63) is 70.3 Å². The number of nitrogens with zero attached hydrogens (tertiary/aromatic N) is 14. The summed E-state index contributed by atoms with van der Waals surface area (Å²) in [5, 5.41) is 13.5. The van der Waals surface area contributed by atoms with Gasteiger partial charge in [-0.2, -0.15) is 29.5 Å². The zero-order valence-corrected chi connectivity index (χ0v) is 35.2. The average Bonchev–Trinajstić information content (AvgIpc) is 4.02. The van der Waals surface area contributed by atoms with Crippen LogP contribution in [0.25, 0.3) is 27.8 Å². The highest BCUT2D eigenvalue weighted by Gasteiger charge is 2.36. The number of likely N-dealkylation sites (N-methyl/N-ethyl adjacent to an activating group) is 1. The van der Waals surface area contributed by atoms with Gasteiger partial charge in [0.25, 0.3) is 0 Å². The third-order valence-corrected chi connectivity index (χ3v) is 11.0. The molecule has 0 radical (unpaired) electrons. The van der Waals surface area contributed by atoms with Gasteiger partial charge in [0.2, 0.25) is 29.6 Å². The maximum Gasteiger partial charge on any atom is 0.248 e. The van der Waals surface area contributed by atoms with Gasteiger partial charge in [0.1, 0.15) is 23.2 Å². The minimum Gasteiger partial charge on any atom is -0.481 e. The van der Waals surface area contributed by atoms with Crippen LogP contribution in [-0.2, 0) is 29.7 Å². The first kappa shape index (κ1) is 41.2. The van der Waals surface area contributed by atoms with Crippen LogP contribution < -0.4 is 31.5 Å². The number of nitrogens with two attached hydrogens (primary N) is 1. The molecule has 5 aromatic heterocycles. The highest BCUT2D eigenvalue weighted by molar-refractivity contribution is 9.10. The summed E-state index contributed by atoms with van der Waals surface area (Å²) in [6, 6.07) is 1.38. The second kappa shape index (κ2) is 16.8. The highest BCUT2D eigenvalue weighted by atomic mass is 79.9. The summed E-state index contributed by atoms with van der Waals surface area (Å²) in [5.74, 6) is -1.31. The topological polar surface area (TPSA) is 215 Å². The molecular formula is C37H42BrF3N18O2. The van der Waals surface area contributed by atoms with Crippen molar-refractivity contribution in [3.8, 4) is 0 Å². The van der Waals surface area contributed by atoms with Crippen molar-refractivity contribution in [3.63, 3.8) is 0 Å². The van der Waals surface area contributed by atoms with Crippen LogP contribution in [0.5, 0.6) is 0 Å². The van der Waals surface area contributed by atoms with Gasteiger partial charge in [-0.05, 0) is 35.1 Å². The molecule has 8 rings (SSSR count). The molecule has 2 saturated heterocycles. The third-order valence-electron chi connectivity index (χ3n) is 10.5. The number of carbonyl (C=O) groups is 1. The van der Waals surface area contributed by atoms with E-state index in [1.165, 1.54) is 23.9 Å². The van der Waals surface area contributed by atoms with E-state index in [0.717, 1.165) is 32.2 Å². The first-order chi connectivity index (χ1) is 29.3. The molecule has 7 heterocycles. The summed E-state index contributed by atoms with van der Waals surface area (Å²) in [5.41, 5.74) is 7.75. The van der Waals surface area contributed by atoms with Gasteiger partial charge in [0.05, 0.1) is 55.3 Å². The van der Waals surface area contributed by atoms with Gasteiger partial charge in [-0.15, -0.1) is 0 Å². The predicted octanol–water partition coefficient (Wildman–Crippen LogP) is 2.34. The number of carbonyl (C=O) groups excluding carboxylic acids is 1. The Kier molecular flexibility index (Phi) is 11.4. The molecule has 0 spiro atoms. The number of allylic oxidation sites excluding steroid dienone is 1. The molecule has 2 aliphatic heterocycles. The molecule has 1 aromatic carbocycles. The van der Waals surface area contributed by atoms with Gasteiger partial charge in [0, 0.05) is 58.6 Å². The number of fused-ring (bicyclic) bond motifs is 3. The summed E-state index contributed by atoms with van der Waals surface area (Å²) in [6.07, 6.45) is 3.11. The molecule has 0 aliphatic carbocycles. The average molecular weight is 908 g/mol. The molecule has 2 fully saturated rings. The molecule has 1 amide bonds. The fourth-order valence-corrected chi connectivity index (χ4v) is 7.45. The van der Waals surface area contributed by atoms with E-state index in [9.17, 15) is 9.18 Å². The molecule has 2 atom stereocenters. The number of imidazole rings is 2. The molecular weight excluding hydrogens is 865 g/mol. The fourth-order valence-electron chi connectivity index (χ4n) is 7.10. The van der Waals surface area contributed by atoms with Gasteiger partial charge < -0.3 is 50.3 Å². The van der Waals surface area contributed by atoms with E-state index in [1.807, 2.05) is 0 Å². The first-order valence-electron chi connectivity index (χ1n) is 19.0. The van der Waals surface area contributed by atoms with Crippen molar-refractivity contribution in [2.24, 2.45) is 17.8 Å². The molecule has 0 saturated carbocycles. The van der Waals surface area contributed by atoms with Gasteiger partial charge in [-0.1, -0.05) is 6.58 Å². The van der Waals surface area contributed by atoms with E-state index < -0.39 is 29.8 Å². The Morgan fingerprint density at radius 2 is 1.80 bits per heavy atom. The van der Waals surface area contributed by atoms with Crippen LogP contribution in [0.3, 0.4) is 0 Å². The smallest absolute Gasteiger partial charge is 0.248 e. The maximum absolute atomic E-state index is 15.8. The third kappa shape index (κ3) is 8.06.